The summed E-state index contributed by atoms with van der Waals surface area (Å²) in [5.41, 5.74) is 0.270. The predicted octanol–water partition coefficient (Wildman–Crippen LogP) is 5.75. The molecular formula is C22H17F3N2O. The predicted molar refractivity (Wildman–Crippen MR) is 102 cm³/mol. The van der Waals surface area contributed by atoms with Gasteiger partial charge in [0.25, 0.3) is 11.2 Å². The van der Waals surface area contributed by atoms with E-state index < -0.39 is 23.0 Å². The van der Waals surface area contributed by atoms with Crippen LogP contribution in [0.2, 0.25) is 0 Å². The normalized spacial score (nSPS) is 11.3. The molecule has 0 N–H and O–H groups in total. The van der Waals surface area contributed by atoms with Crippen molar-refractivity contribution in [1.29, 1.82) is 0 Å². The van der Waals surface area contributed by atoms with Crippen LogP contribution in [0.4, 0.5) is 18.9 Å². The van der Waals surface area contributed by atoms with Gasteiger partial charge >= 0.3 is 6.18 Å². The number of benzene rings is 2. The quantitative estimate of drug-likeness (QED) is 0.530. The Hall–Kier alpha value is -3.33. The molecular weight excluding hydrogens is 365 g/mol. The third-order valence-corrected chi connectivity index (χ3v) is 4.59. The number of nitrogens with zero attached hydrogens (tertiary/aromatic N) is 2. The molecule has 0 saturated heterocycles. The second-order valence-electron chi connectivity index (χ2n) is 6.59. The molecule has 28 heavy (non-hydrogen) atoms. The van der Waals surface area contributed by atoms with Gasteiger partial charge in [-0.1, -0.05) is 54.1 Å². The zero-order valence-corrected chi connectivity index (χ0v) is 15.3. The molecule has 142 valence electrons. The third-order valence-electron chi connectivity index (χ3n) is 4.59. The highest BCUT2D eigenvalue weighted by atomic mass is 19.4. The van der Waals surface area contributed by atoms with Gasteiger partial charge in [-0.25, -0.2) is 4.85 Å². The van der Waals surface area contributed by atoms with Crippen LogP contribution >= 0.6 is 0 Å². The molecule has 0 amide bonds. The standard InChI is InChI=1S/C22H17F3N2O/c1-14-9-10-15(2)17(11-14)13-27-19(16-7-5-4-6-8-16)12-18(22(23,24)25)20(26-3)21(27)28/h4-12H,13H2,1-2H3. The molecule has 6 heteroatoms. The van der Waals surface area contributed by atoms with E-state index in [4.69, 9.17) is 6.57 Å². The number of alkyl halides is 3. The van der Waals surface area contributed by atoms with Gasteiger partial charge in [0.15, 0.2) is 0 Å². The first-order valence-electron chi connectivity index (χ1n) is 8.56. The lowest BCUT2D eigenvalue weighted by Gasteiger charge is -2.19. The maximum absolute atomic E-state index is 13.5. The Bertz CT molecular complexity index is 1120. The van der Waals surface area contributed by atoms with Crippen LogP contribution in [0.25, 0.3) is 16.1 Å². The molecule has 3 nitrogen and oxygen atoms in total. The van der Waals surface area contributed by atoms with Crippen molar-refractivity contribution >= 4 is 5.69 Å². The van der Waals surface area contributed by atoms with Crippen LogP contribution in [-0.2, 0) is 12.7 Å². The van der Waals surface area contributed by atoms with Gasteiger partial charge in [0.05, 0.1) is 18.7 Å². The summed E-state index contributed by atoms with van der Waals surface area (Å²) in [5.74, 6) is 0. The van der Waals surface area contributed by atoms with Gasteiger partial charge in [0.2, 0.25) is 0 Å². The fourth-order valence-corrected chi connectivity index (χ4v) is 3.11. The number of rotatable bonds is 3. The largest absolute Gasteiger partial charge is 0.407 e. The summed E-state index contributed by atoms with van der Waals surface area (Å²) in [6.45, 7) is 11.0. The molecule has 0 aliphatic heterocycles. The molecule has 1 aromatic heterocycles. The summed E-state index contributed by atoms with van der Waals surface area (Å²) < 4.78 is 41.7. The van der Waals surface area contributed by atoms with E-state index in [1.165, 1.54) is 4.57 Å². The lowest BCUT2D eigenvalue weighted by molar-refractivity contribution is -0.136. The van der Waals surface area contributed by atoms with Crippen LogP contribution in [0.1, 0.15) is 22.3 Å². The Morgan fingerprint density at radius 2 is 1.71 bits per heavy atom. The van der Waals surface area contributed by atoms with Gasteiger partial charge in [0, 0.05) is 5.69 Å². The molecule has 3 rings (SSSR count). The summed E-state index contributed by atoms with van der Waals surface area (Å²) in [4.78, 5) is 15.8. The lowest BCUT2D eigenvalue weighted by Crippen LogP contribution is -2.25. The van der Waals surface area contributed by atoms with Crippen molar-refractivity contribution in [3.05, 3.63) is 98.6 Å². The number of aryl methyl sites for hydroxylation is 2. The molecule has 0 aliphatic carbocycles. The van der Waals surface area contributed by atoms with Gasteiger partial charge in [-0.3, -0.25) is 4.79 Å². The van der Waals surface area contributed by atoms with Gasteiger partial charge < -0.3 is 4.57 Å². The highest BCUT2D eigenvalue weighted by Crippen LogP contribution is 2.37. The summed E-state index contributed by atoms with van der Waals surface area (Å²) in [5, 5.41) is 0. The summed E-state index contributed by atoms with van der Waals surface area (Å²) >= 11 is 0. The number of pyridine rings is 1. The molecule has 0 bridgehead atoms. The molecule has 0 unspecified atom stereocenters. The van der Waals surface area contributed by atoms with Crippen LogP contribution in [0.15, 0.2) is 59.4 Å². The van der Waals surface area contributed by atoms with Crippen molar-refractivity contribution in [3.8, 4) is 11.3 Å². The molecule has 0 spiro atoms. The summed E-state index contributed by atoms with van der Waals surface area (Å²) in [6.07, 6.45) is -4.79. The van der Waals surface area contributed by atoms with Crippen LogP contribution in [0, 0.1) is 20.4 Å². The fraction of sp³-hybridized carbons (Fsp3) is 0.182. The number of halogens is 3. The minimum atomic E-state index is -4.79. The minimum Gasteiger partial charge on any atom is -0.313 e. The smallest absolute Gasteiger partial charge is 0.313 e. The van der Waals surface area contributed by atoms with Gasteiger partial charge in [-0.05, 0) is 36.6 Å². The number of hydrogen-bond acceptors (Lipinski definition) is 1. The van der Waals surface area contributed by atoms with E-state index >= 15 is 0 Å². The minimum absolute atomic E-state index is 0.0806. The topological polar surface area (TPSA) is 26.4 Å². The summed E-state index contributed by atoms with van der Waals surface area (Å²) in [7, 11) is 0. The molecule has 0 atom stereocenters. The SMILES string of the molecule is [C-]#[N+]c1c(C(F)(F)F)cc(-c2ccccc2)n(Cc2cc(C)ccc2C)c1=O. The molecule has 2 aromatic carbocycles. The first kappa shape index (κ1) is 19.4. The highest BCUT2D eigenvalue weighted by molar-refractivity contribution is 5.66. The van der Waals surface area contributed by atoms with E-state index in [2.05, 4.69) is 4.85 Å². The van der Waals surface area contributed by atoms with E-state index in [9.17, 15) is 18.0 Å². The maximum atomic E-state index is 13.5. The zero-order chi connectivity index (χ0) is 20.5. The fourth-order valence-electron chi connectivity index (χ4n) is 3.11. The summed E-state index contributed by atoms with van der Waals surface area (Å²) in [6, 6.07) is 15.0. The Balaban J connectivity index is 2.33. The van der Waals surface area contributed by atoms with E-state index in [1.54, 1.807) is 30.3 Å². The molecule has 3 aromatic rings. The van der Waals surface area contributed by atoms with Crippen LogP contribution in [0.3, 0.4) is 0 Å². The second kappa shape index (κ2) is 7.35. The Morgan fingerprint density at radius 3 is 2.32 bits per heavy atom. The van der Waals surface area contributed by atoms with Crippen molar-refractivity contribution in [2.24, 2.45) is 0 Å². The van der Waals surface area contributed by atoms with E-state index in [-0.39, 0.29) is 12.2 Å². The first-order valence-corrected chi connectivity index (χ1v) is 8.56. The second-order valence-corrected chi connectivity index (χ2v) is 6.59. The van der Waals surface area contributed by atoms with E-state index in [0.29, 0.717) is 5.56 Å². The van der Waals surface area contributed by atoms with Crippen LogP contribution in [-0.4, -0.2) is 4.57 Å². The van der Waals surface area contributed by atoms with Crippen LogP contribution in [0.5, 0.6) is 0 Å². The first-order chi connectivity index (χ1) is 13.2. The van der Waals surface area contributed by atoms with Gasteiger partial charge in [-0.2, -0.15) is 13.2 Å². The van der Waals surface area contributed by atoms with Gasteiger partial charge in [-0.15, -0.1) is 0 Å². The van der Waals surface area contributed by atoms with Gasteiger partial charge in [0.1, 0.15) is 0 Å². The van der Waals surface area contributed by atoms with Crippen molar-refractivity contribution < 1.29 is 13.2 Å². The van der Waals surface area contributed by atoms with Crippen molar-refractivity contribution in [2.75, 3.05) is 0 Å². The number of hydrogen-bond donors (Lipinski definition) is 0. The van der Waals surface area contributed by atoms with Crippen LogP contribution < -0.4 is 5.56 Å². The Morgan fingerprint density at radius 1 is 1.04 bits per heavy atom. The average molecular weight is 382 g/mol. The molecule has 0 aliphatic rings. The third kappa shape index (κ3) is 3.70. The van der Waals surface area contributed by atoms with E-state index in [1.807, 2.05) is 32.0 Å². The lowest BCUT2D eigenvalue weighted by atomic mass is 10.0. The molecule has 1 heterocycles. The highest BCUT2D eigenvalue weighted by Gasteiger charge is 2.36. The average Bonchev–Trinajstić information content (AvgIpc) is 2.65. The Labute approximate surface area is 160 Å². The Kier molecular flexibility index (Phi) is 5.10. The molecule has 0 radical (unpaired) electrons. The maximum Gasteiger partial charge on any atom is 0.407 e. The molecule has 0 saturated carbocycles. The zero-order valence-electron chi connectivity index (χ0n) is 15.3. The molecule has 0 fully saturated rings. The van der Waals surface area contributed by atoms with E-state index in [0.717, 1.165) is 22.8 Å². The monoisotopic (exact) mass is 382 g/mol. The van der Waals surface area contributed by atoms with Crippen molar-refractivity contribution in [3.63, 3.8) is 0 Å². The van der Waals surface area contributed by atoms with Crippen molar-refractivity contribution in [1.82, 2.24) is 4.57 Å². The number of aromatic nitrogens is 1. The van der Waals surface area contributed by atoms with Crippen molar-refractivity contribution in [2.45, 2.75) is 26.6 Å².